The van der Waals surface area contributed by atoms with Crippen molar-refractivity contribution in [3.63, 3.8) is 0 Å². The minimum absolute atomic E-state index is 0.0266. The van der Waals surface area contributed by atoms with Crippen LogP contribution in [0, 0.1) is 53.3 Å². The van der Waals surface area contributed by atoms with Crippen LogP contribution in [0.25, 0.3) is 0 Å². The molecule has 12 heterocycles. The van der Waals surface area contributed by atoms with Crippen LogP contribution in [0.4, 0.5) is 26.3 Å². The Morgan fingerprint density at radius 1 is 0.528 bits per heavy atom. The van der Waals surface area contributed by atoms with Crippen LogP contribution < -0.4 is 0 Å². The molecule has 2 aliphatic carbocycles. The fourth-order valence-corrected chi connectivity index (χ4v) is 25.3. The van der Waals surface area contributed by atoms with Gasteiger partial charge < -0.3 is 14.2 Å². The average Bonchev–Trinajstić information content (AvgIpc) is 4.09. The summed E-state index contributed by atoms with van der Waals surface area (Å²) in [5.41, 5.74) is 0. The van der Waals surface area contributed by atoms with E-state index >= 15 is 0 Å². The van der Waals surface area contributed by atoms with Crippen molar-refractivity contribution in [3.05, 3.63) is 0 Å². The third-order valence-electron chi connectivity index (χ3n) is 17.7. The van der Waals surface area contributed by atoms with E-state index in [0.717, 1.165) is 25.7 Å². The zero-order valence-electron chi connectivity index (χ0n) is 39.7. The second kappa shape index (κ2) is 18.0. The molecule has 14 fully saturated rings. The molecule has 0 N–H and O–H groups in total. The van der Waals surface area contributed by atoms with Crippen LogP contribution >= 0.6 is 0 Å². The van der Waals surface area contributed by atoms with Crippen LogP contribution in [0.3, 0.4) is 0 Å². The molecular formula is C41H60F6O19S6. The molecule has 14 rings (SSSR count). The maximum absolute atomic E-state index is 13.0. The number of alkyl halides is 6. The van der Waals surface area contributed by atoms with Gasteiger partial charge in [0.25, 0.3) is 40.5 Å². The van der Waals surface area contributed by atoms with Crippen molar-refractivity contribution in [3.8, 4) is 0 Å². The van der Waals surface area contributed by atoms with Crippen molar-refractivity contribution in [1.29, 1.82) is 0 Å². The Balaban J connectivity index is 0.000000109. The Morgan fingerprint density at radius 3 is 1.64 bits per heavy atom. The number of ether oxygens (including phenoxy) is 3. The number of fused-ring (bicyclic) bond motifs is 4. The van der Waals surface area contributed by atoms with Gasteiger partial charge in [-0.05, 0) is 62.7 Å². The molecule has 23 atom stereocenters. The van der Waals surface area contributed by atoms with Gasteiger partial charge in [-0.1, -0.05) is 34.6 Å². The molecule has 23 unspecified atom stereocenters. The lowest BCUT2D eigenvalue weighted by Gasteiger charge is -2.29. The summed E-state index contributed by atoms with van der Waals surface area (Å²) in [7, 11) is -20.4. The highest BCUT2D eigenvalue weighted by Gasteiger charge is 2.83. The molecule has 0 radical (unpaired) electrons. The lowest BCUT2D eigenvalue weighted by atomic mass is 9.80. The molecule has 0 aromatic heterocycles. The highest BCUT2D eigenvalue weighted by Crippen LogP contribution is 2.62. The van der Waals surface area contributed by atoms with Crippen molar-refractivity contribution in [2.75, 3.05) is 23.0 Å². The summed E-state index contributed by atoms with van der Waals surface area (Å²) in [5, 5.41) is -1.87. The molecule has 8 bridgehead atoms. The molecule has 14 aliphatic rings. The fraction of sp³-hybridized carbons (Fsp3) is 1.00. The van der Waals surface area contributed by atoms with Gasteiger partial charge >= 0.3 is 12.4 Å². The topological polar surface area (TPSA) is 269 Å². The number of rotatable bonds is 0. The zero-order chi connectivity index (χ0) is 53.2. The van der Waals surface area contributed by atoms with Crippen molar-refractivity contribution in [2.24, 2.45) is 53.3 Å². The van der Waals surface area contributed by atoms with Crippen molar-refractivity contribution in [1.82, 2.24) is 0 Å². The molecule has 19 nitrogen and oxygen atoms in total. The van der Waals surface area contributed by atoms with Gasteiger partial charge in [-0.3, -0.25) is 16.7 Å². The first-order valence-electron chi connectivity index (χ1n) is 24.0. The van der Waals surface area contributed by atoms with Gasteiger partial charge in [0, 0.05) is 30.1 Å². The summed E-state index contributed by atoms with van der Waals surface area (Å²) in [6, 6.07) is 0. The summed E-state index contributed by atoms with van der Waals surface area (Å²) in [4.78, 5) is 0. The van der Waals surface area contributed by atoms with Crippen molar-refractivity contribution in [2.45, 2.75) is 174 Å². The molecule has 0 aromatic rings. The molecule has 12 saturated heterocycles. The van der Waals surface area contributed by atoms with Crippen LogP contribution in [-0.4, -0.2) is 167 Å². The summed E-state index contributed by atoms with van der Waals surface area (Å²) in [6.45, 7) is 11.1. The molecule has 0 spiro atoms. The smallest absolute Gasteiger partial charge is 0.373 e. The second-order valence-corrected chi connectivity index (χ2v) is 33.7. The summed E-state index contributed by atoms with van der Waals surface area (Å²) in [6.07, 6.45) is -11.4. The van der Waals surface area contributed by atoms with Crippen molar-refractivity contribution < 1.29 is 108 Å². The molecular weight excluding hydrogens is 1100 g/mol. The Kier molecular flexibility index (Phi) is 14.0. The number of hydrogen-bond donors (Lipinski definition) is 0. The fourth-order valence-electron chi connectivity index (χ4n) is 13.8. The van der Waals surface area contributed by atoms with E-state index in [1.54, 1.807) is 13.8 Å². The first-order chi connectivity index (χ1) is 32.8. The Bertz CT molecular complexity index is 2720. The lowest BCUT2D eigenvalue weighted by Crippen LogP contribution is -2.56. The molecule has 31 heteroatoms. The third kappa shape index (κ3) is 9.22. The first kappa shape index (κ1) is 55.7. The summed E-state index contributed by atoms with van der Waals surface area (Å²) >= 11 is 0. The van der Waals surface area contributed by atoms with E-state index in [9.17, 15) is 76.8 Å². The Morgan fingerprint density at radius 2 is 1.18 bits per heavy atom. The van der Waals surface area contributed by atoms with E-state index in [2.05, 4.69) is 22.2 Å². The van der Waals surface area contributed by atoms with E-state index in [0.29, 0.717) is 59.2 Å². The van der Waals surface area contributed by atoms with Gasteiger partial charge in [0.15, 0.2) is 19.7 Å². The summed E-state index contributed by atoms with van der Waals surface area (Å²) < 4.78 is 243. The minimum Gasteiger partial charge on any atom is -0.373 e. The van der Waals surface area contributed by atoms with E-state index in [-0.39, 0.29) is 46.6 Å². The van der Waals surface area contributed by atoms with E-state index < -0.39 is 137 Å². The van der Waals surface area contributed by atoms with E-state index in [1.807, 2.05) is 6.92 Å². The highest BCUT2D eigenvalue weighted by molar-refractivity contribution is 7.92. The first-order valence-corrected chi connectivity index (χ1v) is 33.5. The largest absolute Gasteiger partial charge is 0.413 e. The molecule has 416 valence electrons. The number of sulfone groups is 2. The lowest BCUT2D eigenvalue weighted by molar-refractivity contribution is -0.189. The molecule has 0 amide bonds. The van der Waals surface area contributed by atoms with Crippen molar-refractivity contribution >= 4 is 60.1 Å². The quantitative estimate of drug-likeness (QED) is 0.249. The maximum atomic E-state index is 13.0. The molecule has 0 aromatic carbocycles. The second-order valence-electron chi connectivity index (χ2n) is 22.1. The van der Waals surface area contributed by atoms with Crippen LogP contribution in [0.1, 0.15) is 80.1 Å². The monoisotopic (exact) mass is 1160 g/mol. The van der Waals surface area contributed by atoms with Crippen LogP contribution in [0.5, 0.6) is 0 Å². The average molecular weight is 1160 g/mol. The molecule has 2 saturated carbocycles. The number of halogens is 6. The van der Waals surface area contributed by atoms with Crippen LogP contribution in [0.2, 0.25) is 0 Å². The number of hydrogen-bond acceptors (Lipinski definition) is 19. The van der Waals surface area contributed by atoms with E-state index in [4.69, 9.17) is 22.6 Å². The van der Waals surface area contributed by atoms with Crippen LogP contribution in [-0.2, 0) is 91.1 Å². The SMILES string of the molecule is CC1C2CC3(C(F)(F)F)C(O2)C1OS3(=O)=O.CC1C2CC3C(O2)C1CS3(=O)=O.CC1C2CC3C1OS(=O)(=O)C3C2.CC1C2OS(=O)(=O)C3C2OC1C3C(F)(F)F.CC1CCS(=O)(=O)C1.CC1CCS(=O)(=O)O1. The molecule has 72 heavy (non-hydrogen) atoms. The van der Waals surface area contributed by atoms with Gasteiger partial charge in [-0.2, -0.15) is 60.0 Å². The van der Waals surface area contributed by atoms with Gasteiger partial charge in [-0.15, -0.1) is 0 Å². The molecule has 12 aliphatic heterocycles. The third-order valence-corrected chi connectivity index (χ3v) is 28.7. The zero-order valence-corrected chi connectivity index (χ0v) is 44.6. The van der Waals surface area contributed by atoms with E-state index in [1.165, 1.54) is 6.92 Å². The van der Waals surface area contributed by atoms with Gasteiger partial charge in [0.05, 0.1) is 70.1 Å². The standard InChI is InChI=1S/2C8H9F3O4S.2C8H12O3S.C5H10O2S.C4H8O3S/c1-3-4-2-7(8(9,10)11)6(14-4)5(3)15-16(7,12)13;1-2-4-3(8(9,10)11)7-6(14-4)5(2)15-16(7,12)13;1-4-5-3-12(9,10)7-2-6(4)11-8(5)7;1-4-5-2-6-7(3-5)12(9,10)11-8(4)6;1-5-2-3-8(6,7)4-5;1-4-2-3-8(5,6)7-4/h3-6H,2H2,1H3;2-7H,1H3;2*4-8H,2-3H2,1H3;5H,2-4H2,1H3;4H,2-3H2,1H3. The summed E-state index contributed by atoms with van der Waals surface area (Å²) in [5.74, 6) is 1.16. The maximum Gasteiger partial charge on any atom is 0.413 e. The van der Waals surface area contributed by atoms with Gasteiger partial charge in [0.2, 0.25) is 4.75 Å². The van der Waals surface area contributed by atoms with Gasteiger partial charge in [-0.25, -0.2) is 16.8 Å². The normalized spacial score (nSPS) is 51.5. The predicted octanol–water partition coefficient (Wildman–Crippen LogP) is 3.03. The predicted molar refractivity (Wildman–Crippen MR) is 238 cm³/mol. The Labute approximate surface area is 416 Å². The van der Waals surface area contributed by atoms with Gasteiger partial charge in [0.1, 0.15) is 35.6 Å². The highest BCUT2D eigenvalue weighted by atomic mass is 32.2. The Hall–Kier alpha value is -1.00. The van der Waals surface area contributed by atoms with Crippen LogP contribution in [0.15, 0.2) is 0 Å². The minimum atomic E-state index is -4.85.